The number of thiophene rings is 1. The van der Waals surface area contributed by atoms with Crippen LogP contribution in [0.1, 0.15) is 68.7 Å². The molecule has 0 saturated heterocycles. The minimum Gasteiger partial charge on any atom is -0.496 e. The number of aromatic nitrogens is 3. The van der Waals surface area contributed by atoms with Crippen LogP contribution in [0, 0.1) is 30.1 Å². The van der Waals surface area contributed by atoms with Crippen molar-refractivity contribution in [2.24, 2.45) is 23.2 Å². The first-order valence-electron chi connectivity index (χ1n) is 15.7. The van der Waals surface area contributed by atoms with Crippen molar-refractivity contribution >= 4 is 50.6 Å². The van der Waals surface area contributed by atoms with E-state index in [0.717, 1.165) is 49.3 Å². The fourth-order valence-electron chi connectivity index (χ4n) is 8.72. The second kappa shape index (κ2) is 11.4. The minimum atomic E-state index is -1.74. The molecule has 1 N–H and O–H groups in total. The van der Waals surface area contributed by atoms with Crippen LogP contribution >= 0.6 is 34.4 Å². The summed E-state index contributed by atoms with van der Waals surface area (Å²) in [5, 5.41) is 13.0. The zero-order valence-electron chi connectivity index (χ0n) is 26.1. The van der Waals surface area contributed by atoms with E-state index >= 15 is 0 Å². The number of benzene rings is 1. The van der Waals surface area contributed by atoms with Crippen LogP contribution in [0.5, 0.6) is 5.75 Å². The first-order chi connectivity index (χ1) is 21.5. The summed E-state index contributed by atoms with van der Waals surface area (Å²) in [5.74, 6) is 3.04. The number of aliphatic carboxylic acids is 1. The van der Waals surface area contributed by atoms with Crippen LogP contribution in [0.2, 0.25) is 0 Å². The van der Waals surface area contributed by atoms with Crippen molar-refractivity contribution in [3.63, 3.8) is 0 Å². The number of ether oxygens (including phenoxy) is 1. The number of carboxylic acid groups (broad SMARTS) is 1. The molecule has 4 fully saturated rings. The summed E-state index contributed by atoms with van der Waals surface area (Å²) in [4.78, 5) is 46.8. The van der Waals surface area contributed by atoms with Gasteiger partial charge >= 0.3 is 11.7 Å². The maximum atomic E-state index is 14.4. The SMILES string of the molecule is COc1ccccc1C(Cn1c(=O)n(C(C)(C)C(=O)O)c(=O)c2c(C)c(-c3nccs3)sc21)SCC12CC3CC(CC(C3)C1)C2. The molecule has 4 aromatic rings. The largest absolute Gasteiger partial charge is 0.496 e. The number of aryl methyl sites for hydroxylation is 1. The number of methoxy groups -OCH3 is 1. The Labute approximate surface area is 274 Å². The lowest BCUT2D eigenvalue weighted by Gasteiger charge is -2.57. The van der Waals surface area contributed by atoms with Crippen LogP contribution in [0.3, 0.4) is 0 Å². The van der Waals surface area contributed by atoms with Crippen molar-refractivity contribution in [1.82, 2.24) is 14.1 Å². The third kappa shape index (κ3) is 5.19. The predicted molar refractivity (Wildman–Crippen MR) is 182 cm³/mol. The van der Waals surface area contributed by atoms with E-state index in [4.69, 9.17) is 4.74 Å². The molecule has 4 aliphatic carbocycles. The van der Waals surface area contributed by atoms with Gasteiger partial charge in [-0.1, -0.05) is 18.2 Å². The zero-order chi connectivity index (χ0) is 31.7. The molecule has 8 rings (SSSR count). The van der Waals surface area contributed by atoms with E-state index in [9.17, 15) is 19.5 Å². The number of rotatable bonds is 10. The summed E-state index contributed by atoms with van der Waals surface area (Å²) < 4.78 is 8.43. The molecule has 45 heavy (non-hydrogen) atoms. The van der Waals surface area contributed by atoms with E-state index < -0.39 is 22.8 Å². The molecule has 0 spiro atoms. The molecule has 0 aliphatic heterocycles. The molecule has 4 saturated carbocycles. The lowest BCUT2D eigenvalue weighted by molar-refractivity contribution is -0.146. The monoisotopic (exact) mass is 665 g/mol. The van der Waals surface area contributed by atoms with Gasteiger partial charge in [0.1, 0.15) is 21.1 Å². The van der Waals surface area contributed by atoms with Crippen LogP contribution in [0.4, 0.5) is 0 Å². The Hall–Kier alpha value is -2.89. The summed E-state index contributed by atoms with van der Waals surface area (Å²) in [6.07, 6.45) is 9.73. The Balaban J connectivity index is 1.38. The van der Waals surface area contributed by atoms with Gasteiger partial charge in [-0.25, -0.2) is 19.1 Å². The van der Waals surface area contributed by atoms with E-state index in [2.05, 4.69) is 11.1 Å². The van der Waals surface area contributed by atoms with Crippen molar-refractivity contribution < 1.29 is 14.6 Å². The van der Waals surface area contributed by atoms with Gasteiger partial charge in [0.2, 0.25) is 0 Å². The normalized spacial score (nSPS) is 24.8. The average molecular weight is 666 g/mol. The van der Waals surface area contributed by atoms with Gasteiger partial charge in [-0.2, -0.15) is 11.8 Å². The first-order valence-corrected chi connectivity index (χ1v) is 18.4. The lowest BCUT2D eigenvalue weighted by atomic mass is 9.50. The summed E-state index contributed by atoms with van der Waals surface area (Å²) in [6.45, 7) is 4.97. The molecule has 8 nitrogen and oxygen atoms in total. The molecule has 1 aromatic carbocycles. The van der Waals surface area contributed by atoms with Crippen LogP contribution in [-0.4, -0.2) is 38.1 Å². The standard InChI is InChI=1S/C34H39N3O5S3/c1-19-26-29(38)37(33(2,3)31(39)40)32(41)36(30(26)45-27(19)28-35-9-10-43-28)17-25(23-7-5-6-8-24(23)42-4)44-18-34-14-20-11-21(15-34)13-22(12-20)16-34/h5-10,20-22,25H,11-18H2,1-4H3,(H,39,40). The van der Waals surface area contributed by atoms with Crippen LogP contribution in [0.15, 0.2) is 45.4 Å². The summed E-state index contributed by atoms with van der Waals surface area (Å²) in [5.41, 5.74) is -0.896. The third-order valence-corrected chi connectivity index (χ3v) is 14.3. The smallest absolute Gasteiger partial charge is 0.333 e. The van der Waals surface area contributed by atoms with Gasteiger partial charge < -0.3 is 9.84 Å². The van der Waals surface area contributed by atoms with E-state index in [-0.39, 0.29) is 11.8 Å². The highest BCUT2D eigenvalue weighted by Crippen LogP contribution is 2.61. The van der Waals surface area contributed by atoms with Gasteiger partial charge in [0.15, 0.2) is 0 Å². The van der Waals surface area contributed by atoms with Crippen molar-refractivity contribution in [3.05, 3.63) is 67.8 Å². The van der Waals surface area contributed by atoms with Gasteiger partial charge in [-0.05, 0) is 99.8 Å². The second-order valence-corrected chi connectivity index (χ2v) is 17.0. The van der Waals surface area contributed by atoms with Crippen molar-refractivity contribution in [2.45, 2.75) is 76.6 Å². The number of carbonyl (C=O) groups is 1. The van der Waals surface area contributed by atoms with Gasteiger partial charge in [-0.3, -0.25) is 9.36 Å². The lowest BCUT2D eigenvalue weighted by Crippen LogP contribution is -2.52. The van der Waals surface area contributed by atoms with E-state index in [1.807, 2.05) is 42.3 Å². The van der Waals surface area contributed by atoms with E-state index in [1.54, 1.807) is 17.9 Å². The Morgan fingerprint density at radius 2 is 1.82 bits per heavy atom. The molecule has 0 radical (unpaired) electrons. The second-order valence-electron chi connectivity index (χ2n) is 13.9. The zero-order valence-corrected chi connectivity index (χ0v) is 28.5. The number of thiazole rings is 1. The molecule has 238 valence electrons. The molecule has 11 heteroatoms. The highest BCUT2D eigenvalue weighted by atomic mass is 32.2. The Morgan fingerprint density at radius 1 is 1.16 bits per heavy atom. The maximum absolute atomic E-state index is 14.4. The summed E-state index contributed by atoms with van der Waals surface area (Å²) in [6, 6.07) is 7.97. The molecule has 4 aliphatic rings. The topological polar surface area (TPSA) is 103 Å². The highest BCUT2D eigenvalue weighted by Gasteiger charge is 2.51. The number of hydrogen-bond acceptors (Lipinski definition) is 8. The van der Waals surface area contributed by atoms with Gasteiger partial charge in [0, 0.05) is 23.7 Å². The number of thioether (sulfide) groups is 1. The maximum Gasteiger partial charge on any atom is 0.333 e. The number of para-hydroxylation sites is 1. The van der Waals surface area contributed by atoms with Crippen molar-refractivity contribution in [2.75, 3.05) is 12.9 Å². The Morgan fingerprint density at radius 3 is 2.42 bits per heavy atom. The van der Waals surface area contributed by atoms with E-state index in [1.165, 1.54) is 75.0 Å². The van der Waals surface area contributed by atoms with Gasteiger partial charge in [0.25, 0.3) is 5.56 Å². The fourth-order valence-corrected chi connectivity index (χ4v) is 12.4. The van der Waals surface area contributed by atoms with Crippen molar-refractivity contribution in [3.8, 4) is 15.6 Å². The van der Waals surface area contributed by atoms with Gasteiger partial charge in [0.05, 0.1) is 22.6 Å². The van der Waals surface area contributed by atoms with Crippen LogP contribution in [-0.2, 0) is 16.9 Å². The third-order valence-electron chi connectivity index (χ3n) is 10.5. The number of fused-ring (bicyclic) bond motifs is 1. The van der Waals surface area contributed by atoms with E-state index in [0.29, 0.717) is 21.2 Å². The number of nitrogens with zero attached hydrogens (tertiary/aromatic N) is 3. The van der Waals surface area contributed by atoms with Crippen LogP contribution in [0.25, 0.3) is 20.1 Å². The first kappa shape index (κ1) is 30.7. The molecule has 3 heterocycles. The summed E-state index contributed by atoms with van der Waals surface area (Å²) in [7, 11) is 1.67. The van der Waals surface area contributed by atoms with Crippen molar-refractivity contribution in [1.29, 1.82) is 0 Å². The van der Waals surface area contributed by atoms with Gasteiger partial charge in [-0.15, -0.1) is 22.7 Å². The molecule has 1 atom stereocenters. The summed E-state index contributed by atoms with van der Waals surface area (Å²) >= 11 is 4.75. The molecule has 0 amide bonds. The van der Waals surface area contributed by atoms with Crippen LogP contribution < -0.4 is 16.0 Å². The average Bonchev–Trinajstić information content (AvgIpc) is 3.64. The quantitative estimate of drug-likeness (QED) is 0.192. The minimum absolute atomic E-state index is 0.153. The Bertz CT molecular complexity index is 1850. The molecule has 4 bridgehead atoms. The molecule has 3 aromatic heterocycles. The highest BCUT2D eigenvalue weighted by molar-refractivity contribution is 7.99. The number of hydrogen-bond donors (Lipinski definition) is 1. The predicted octanol–water partition coefficient (Wildman–Crippen LogP) is 7.18. The molecular weight excluding hydrogens is 627 g/mol. The Kier molecular flexibility index (Phi) is 7.80. The molecule has 1 unspecified atom stereocenters. The molecular formula is C34H39N3O5S3. The number of carboxylic acids is 1. The fraction of sp³-hybridized carbons (Fsp3) is 0.529.